The van der Waals surface area contributed by atoms with Gasteiger partial charge in [0.25, 0.3) is 10.0 Å². The van der Waals surface area contributed by atoms with E-state index in [0.29, 0.717) is 30.8 Å². The number of carbonyl (C=O) groups excluding carboxylic acids is 2. The molecule has 0 aliphatic carbocycles. The van der Waals surface area contributed by atoms with Crippen LogP contribution >= 0.6 is 0 Å². The number of halogens is 2. The first-order valence-electron chi connectivity index (χ1n) is 9.91. The van der Waals surface area contributed by atoms with Gasteiger partial charge in [0.15, 0.2) is 18.1 Å². The Balaban J connectivity index is 1.39. The predicted octanol–water partition coefficient (Wildman–Crippen LogP) is 3.58. The van der Waals surface area contributed by atoms with Crippen LogP contribution in [0, 0.1) is 11.6 Å². The molecule has 11 heteroatoms. The second kappa shape index (κ2) is 9.48. The number of carbonyl (C=O) groups is 2. The fourth-order valence-corrected chi connectivity index (χ4v) is 4.16. The van der Waals surface area contributed by atoms with E-state index in [1.165, 1.54) is 42.5 Å². The minimum Gasteiger partial charge on any atom is -0.486 e. The Bertz CT molecular complexity index is 1360. The molecule has 8 nitrogen and oxygen atoms in total. The first-order chi connectivity index (χ1) is 16.2. The average Bonchev–Trinajstić information content (AvgIpc) is 2.83. The van der Waals surface area contributed by atoms with Gasteiger partial charge in [-0.2, -0.15) is 0 Å². The van der Waals surface area contributed by atoms with E-state index >= 15 is 0 Å². The zero-order chi connectivity index (χ0) is 24.3. The number of ketones is 1. The summed E-state index contributed by atoms with van der Waals surface area (Å²) < 4.78 is 70.2. The molecule has 0 bridgehead atoms. The molecule has 1 heterocycles. The summed E-state index contributed by atoms with van der Waals surface area (Å²) in [5.74, 6) is -2.77. The fraction of sp³-hybridized carbons (Fsp3) is 0.130. The summed E-state index contributed by atoms with van der Waals surface area (Å²) in [5, 5.41) is 0. The van der Waals surface area contributed by atoms with Gasteiger partial charge < -0.3 is 14.2 Å². The van der Waals surface area contributed by atoms with Crippen LogP contribution < -0.4 is 14.2 Å². The van der Waals surface area contributed by atoms with Crippen LogP contribution in [-0.4, -0.2) is 40.0 Å². The molecule has 0 unspecified atom stereocenters. The largest absolute Gasteiger partial charge is 0.486 e. The van der Waals surface area contributed by atoms with Crippen molar-refractivity contribution in [1.29, 1.82) is 0 Å². The summed E-state index contributed by atoms with van der Waals surface area (Å²) in [4.78, 5) is 24.2. The molecule has 3 aromatic rings. The molecule has 0 spiro atoms. The molecule has 1 aliphatic heterocycles. The Morgan fingerprint density at radius 1 is 0.912 bits per heavy atom. The Kier molecular flexibility index (Phi) is 6.46. The molecule has 0 amide bonds. The van der Waals surface area contributed by atoms with Gasteiger partial charge in [-0.3, -0.25) is 9.52 Å². The summed E-state index contributed by atoms with van der Waals surface area (Å²) in [7, 11) is -3.95. The van der Waals surface area contributed by atoms with E-state index in [0.717, 1.165) is 12.1 Å². The normalized spacial score (nSPS) is 12.6. The van der Waals surface area contributed by atoms with Crippen molar-refractivity contribution in [2.45, 2.75) is 4.90 Å². The SMILES string of the molecule is O=C(OCC(=O)c1cc(F)ccc1F)c1ccc(NS(=O)(=O)c2ccc3c(c2)OCCO3)cc1. The minimum atomic E-state index is -3.95. The highest BCUT2D eigenvalue weighted by Crippen LogP contribution is 2.32. The van der Waals surface area contributed by atoms with E-state index in [9.17, 15) is 26.8 Å². The van der Waals surface area contributed by atoms with E-state index in [4.69, 9.17) is 14.2 Å². The van der Waals surface area contributed by atoms with Gasteiger partial charge in [0.1, 0.15) is 24.8 Å². The molecule has 0 radical (unpaired) electrons. The molecule has 4 rings (SSSR count). The van der Waals surface area contributed by atoms with Crippen LogP contribution in [0.1, 0.15) is 20.7 Å². The van der Waals surface area contributed by atoms with Gasteiger partial charge in [0.05, 0.1) is 16.0 Å². The quantitative estimate of drug-likeness (QED) is 0.399. The topological polar surface area (TPSA) is 108 Å². The maximum Gasteiger partial charge on any atom is 0.338 e. The molecule has 0 aromatic heterocycles. The van der Waals surface area contributed by atoms with Crippen molar-refractivity contribution in [3.63, 3.8) is 0 Å². The van der Waals surface area contributed by atoms with Crippen LogP contribution in [0.3, 0.4) is 0 Å². The standard InChI is InChI=1S/C23H17F2NO7S/c24-15-3-7-19(25)18(11-15)20(27)13-33-23(28)14-1-4-16(5-2-14)26-34(29,30)17-6-8-21-22(12-17)32-10-9-31-21/h1-8,11-12,26H,9-10,13H2. The average molecular weight is 489 g/mol. The lowest BCUT2D eigenvalue weighted by atomic mass is 10.1. The zero-order valence-electron chi connectivity index (χ0n) is 17.4. The first kappa shape index (κ1) is 23.2. The lowest BCUT2D eigenvalue weighted by Gasteiger charge is -2.19. The van der Waals surface area contributed by atoms with Crippen molar-refractivity contribution in [3.8, 4) is 11.5 Å². The Labute approximate surface area is 193 Å². The van der Waals surface area contributed by atoms with Crippen molar-refractivity contribution in [1.82, 2.24) is 0 Å². The fourth-order valence-electron chi connectivity index (χ4n) is 3.08. The lowest BCUT2D eigenvalue weighted by molar-refractivity contribution is 0.0473. The number of benzene rings is 3. The van der Waals surface area contributed by atoms with Gasteiger partial charge in [-0.05, 0) is 54.6 Å². The van der Waals surface area contributed by atoms with E-state index < -0.39 is 45.6 Å². The van der Waals surface area contributed by atoms with Crippen molar-refractivity contribution in [2.75, 3.05) is 24.5 Å². The van der Waals surface area contributed by atoms with Gasteiger partial charge in [-0.1, -0.05) is 0 Å². The van der Waals surface area contributed by atoms with Crippen LogP contribution in [0.5, 0.6) is 11.5 Å². The van der Waals surface area contributed by atoms with Crippen molar-refractivity contribution in [2.24, 2.45) is 0 Å². The molecule has 0 fully saturated rings. The molecule has 1 aliphatic rings. The first-order valence-corrected chi connectivity index (χ1v) is 11.4. The highest BCUT2D eigenvalue weighted by atomic mass is 32.2. The number of anilines is 1. The maximum absolute atomic E-state index is 13.7. The highest BCUT2D eigenvalue weighted by molar-refractivity contribution is 7.92. The molecule has 176 valence electrons. The van der Waals surface area contributed by atoms with Gasteiger partial charge >= 0.3 is 5.97 Å². The number of esters is 1. The van der Waals surface area contributed by atoms with Gasteiger partial charge in [-0.25, -0.2) is 22.0 Å². The Hall–Kier alpha value is -3.99. The third-order valence-electron chi connectivity index (χ3n) is 4.76. The van der Waals surface area contributed by atoms with E-state index in [-0.39, 0.29) is 16.1 Å². The zero-order valence-corrected chi connectivity index (χ0v) is 18.2. The predicted molar refractivity (Wildman–Crippen MR) is 116 cm³/mol. The summed E-state index contributed by atoms with van der Waals surface area (Å²) >= 11 is 0. The number of nitrogens with one attached hydrogen (secondary N) is 1. The number of hydrogen-bond acceptors (Lipinski definition) is 7. The molecular weight excluding hydrogens is 472 g/mol. The van der Waals surface area contributed by atoms with Gasteiger partial charge in [0, 0.05) is 11.8 Å². The maximum atomic E-state index is 13.7. The number of rotatable bonds is 7. The van der Waals surface area contributed by atoms with Crippen LogP contribution in [-0.2, 0) is 14.8 Å². The van der Waals surface area contributed by atoms with E-state index in [1.807, 2.05) is 0 Å². The second-order valence-corrected chi connectivity index (χ2v) is 8.79. The van der Waals surface area contributed by atoms with Crippen LogP contribution in [0.25, 0.3) is 0 Å². The highest BCUT2D eigenvalue weighted by Gasteiger charge is 2.20. The third-order valence-corrected chi connectivity index (χ3v) is 6.14. The number of hydrogen-bond donors (Lipinski definition) is 1. The molecule has 34 heavy (non-hydrogen) atoms. The molecule has 0 saturated heterocycles. The Morgan fingerprint density at radius 2 is 1.62 bits per heavy atom. The monoisotopic (exact) mass is 489 g/mol. The summed E-state index contributed by atoms with van der Waals surface area (Å²) in [6, 6.07) is 11.8. The molecule has 1 N–H and O–H groups in total. The van der Waals surface area contributed by atoms with Crippen molar-refractivity contribution < 1.29 is 41.0 Å². The van der Waals surface area contributed by atoms with Crippen LogP contribution in [0.15, 0.2) is 65.6 Å². The lowest BCUT2D eigenvalue weighted by Crippen LogP contribution is -2.17. The van der Waals surface area contributed by atoms with Crippen molar-refractivity contribution >= 4 is 27.5 Å². The molecule has 3 aromatic carbocycles. The number of Topliss-reactive ketones (excluding diaryl/α,β-unsaturated/α-hetero) is 1. The van der Waals surface area contributed by atoms with Crippen LogP contribution in [0.4, 0.5) is 14.5 Å². The smallest absolute Gasteiger partial charge is 0.338 e. The number of ether oxygens (including phenoxy) is 3. The number of sulfonamides is 1. The summed E-state index contributed by atoms with van der Waals surface area (Å²) in [5.41, 5.74) is -0.337. The molecule has 0 atom stereocenters. The Morgan fingerprint density at radius 3 is 2.35 bits per heavy atom. The van der Waals surface area contributed by atoms with Gasteiger partial charge in [-0.15, -0.1) is 0 Å². The minimum absolute atomic E-state index is 0.0230. The van der Waals surface area contributed by atoms with E-state index in [2.05, 4.69) is 4.72 Å². The number of fused-ring (bicyclic) bond motifs is 1. The third kappa shape index (κ3) is 5.15. The molecular formula is C23H17F2NO7S. The molecule has 0 saturated carbocycles. The summed E-state index contributed by atoms with van der Waals surface area (Å²) in [6.07, 6.45) is 0. The van der Waals surface area contributed by atoms with Crippen LogP contribution in [0.2, 0.25) is 0 Å². The van der Waals surface area contributed by atoms with Crippen molar-refractivity contribution in [3.05, 3.63) is 83.4 Å². The van der Waals surface area contributed by atoms with E-state index in [1.54, 1.807) is 0 Å². The van der Waals surface area contributed by atoms with Gasteiger partial charge in [0.2, 0.25) is 5.78 Å². The summed E-state index contributed by atoms with van der Waals surface area (Å²) in [6.45, 7) is -0.107. The second-order valence-electron chi connectivity index (χ2n) is 7.11.